The Kier molecular flexibility index (Phi) is 4.40. The number of carboxylic acid groups (broad SMARTS) is 1. The van der Waals surface area contributed by atoms with Gasteiger partial charge in [-0.15, -0.1) is 0 Å². The zero-order valence-electron chi connectivity index (χ0n) is 10.3. The molecule has 1 rings (SSSR count). The van der Waals surface area contributed by atoms with Crippen LogP contribution in [-0.2, 0) is 4.79 Å². The molecule has 1 aromatic rings. The number of carbonyl (C=O) groups is 1. The van der Waals surface area contributed by atoms with Crippen molar-refractivity contribution in [1.29, 1.82) is 0 Å². The van der Waals surface area contributed by atoms with Gasteiger partial charge in [0.25, 0.3) is 0 Å². The van der Waals surface area contributed by atoms with E-state index in [4.69, 9.17) is 11.6 Å². The topological polar surface area (TPSA) is 49.3 Å². The van der Waals surface area contributed by atoms with Crippen molar-refractivity contribution in [2.24, 2.45) is 5.92 Å². The molecule has 3 nitrogen and oxygen atoms in total. The minimum atomic E-state index is -0.973. The van der Waals surface area contributed by atoms with Gasteiger partial charge in [0.15, 0.2) is 0 Å². The summed E-state index contributed by atoms with van der Waals surface area (Å²) in [7, 11) is 0. The number of rotatable bonds is 5. The molecule has 0 radical (unpaired) electrons. The Hall–Kier alpha value is -1.22. The van der Waals surface area contributed by atoms with Crippen molar-refractivity contribution in [3.05, 3.63) is 29.3 Å². The highest BCUT2D eigenvalue weighted by atomic mass is 35.5. The van der Waals surface area contributed by atoms with Gasteiger partial charge >= 0.3 is 5.97 Å². The van der Waals surface area contributed by atoms with Crippen molar-refractivity contribution in [2.45, 2.75) is 32.7 Å². The van der Waals surface area contributed by atoms with E-state index in [0.717, 1.165) is 5.69 Å². The Labute approximate surface area is 107 Å². The van der Waals surface area contributed by atoms with Crippen LogP contribution in [0.3, 0.4) is 0 Å². The minimum absolute atomic E-state index is 0.294. The van der Waals surface area contributed by atoms with Crippen molar-refractivity contribution in [3.8, 4) is 0 Å². The molecule has 0 bridgehead atoms. The van der Waals surface area contributed by atoms with E-state index < -0.39 is 11.5 Å². The van der Waals surface area contributed by atoms with Crippen LogP contribution >= 0.6 is 11.6 Å². The fraction of sp³-hybridized carbons (Fsp3) is 0.462. The number of nitrogens with one attached hydrogen (secondary N) is 1. The number of benzene rings is 1. The van der Waals surface area contributed by atoms with E-state index in [1.807, 2.05) is 19.9 Å². The molecule has 1 aromatic carbocycles. The number of hydrogen-bond acceptors (Lipinski definition) is 2. The van der Waals surface area contributed by atoms with Gasteiger partial charge in [-0.2, -0.15) is 0 Å². The first-order valence-corrected chi connectivity index (χ1v) is 5.98. The molecule has 0 saturated heterocycles. The molecule has 1 atom stereocenters. The predicted molar refractivity (Wildman–Crippen MR) is 70.6 cm³/mol. The molecule has 4 heteroatoms. The van der Waals surface area contributed by atoms with Crippen LogP contribution in [0.5, 0.6) is 0 Å². The largest absolute Gasteiger partial charge is 0.480 e. The van der Waals surface area contributed by atoms with Gasteiger partial charge in [0.1, 0.15) is 5.54 Å². The van der Waals surface area contributed by atoms with E-state index >= 15 is 0 Å². The summed E-state index contributed by atoms with van der Waals surface area (Å²) >= 11 is 5.87. The van der Waals surface area contributed by atoms with Gasteiger partial charge in [-0.1, -0.05) is 31.5 Å². The second-order valence-electron chi connectivity index (χ2n) is 4.87. The SMILES string of the molecule is CC(C)CC(C)(Nc1cccc(Cl)c1)C(=O)O. The zero-order valence-corrected chi connectivity index (χ0v) is 11.1. The van der Waals surface area contributed by atoms with Gasteiger partial charge in [-0.25, -0.2) is 4.79 Å². The van der Waals surface area contributed by atoms with Crippen LogP contribution in [0.25, 0.3) is 0 Å². The monoisotopic (exact) mass is 255 g/mol. The zero-order chi connectivity index (χ0) is 13.1. The van der Waals surface area contributed by atoms with Crippen LogP contribution in [-0.4, -0.2) is 16.6 Å². The highest BCUT2D eigenvalue weighted by Gasteiger charge is 2.33. The van der Waals surface area contributed by atoms with Gasteiger partial charge in [0, 0.05) is 10.7 Å². The van der Waals surface area contributed by atoms with E-state index in [1.54, 1.807) is 25.1 Å². The lowest BCUT2D eigenvalue weighted by molar-refractivity contribution is -0.142. The summed E-state index contributed by atoms with van der Waals surface area (Å²) in [6, 6.07) is 7.09. The Balaban J connectivity index is 2.90. The molecular weight excluding hydrogens is 238 g/mol. The summed E-state index contributed by atoms with van der Waals surface area (Å²) in [5.41, 5.74) is -0.248. The summed E-state index contributed by atoms with van der Waals surface area (Å²) < 4.78 is 0. The van der Waals surface area contributed by atoms with Gasteiger partial charge in [0.2, 0.25) is 0 Å². The summed E-state index contributed by atoms with van der Waals surface area (Å²) in [4.78, 5) is 11.4. The van der Waals surface area contributed by atoms with E-state index in [0.29, 0.717) is 17.4 Å². The number of carboxylic acids is 1. The highest BCUT2D eigenvalue weighted by molar-refractivity contribution is 6.30. The molecule has 0 heterocycles. The number of anilines is 1. The van der Waals surface area contributed by atoms with Gasteiger partial charge in [-0.05, 0) is 37.5 Å². The Morgan fingerprint density at radius 1 is 1.53 bits per heavy atom. The average Bonchev–Trinajstić information content (AvgIpc) is 2.15. The molecular formula is C13H18ClNO2. The van der Waals surface area contributed by atoms with Crippen LogP contribution in [0.2, 0.25) is 5.02 Å². The highest BCUT2D eigenvalue weighted by Crippen LogP contribution is 2.24. The van der Waals surface area contributed by atoms with Crippen molar-refractivity contribution < 1.29 is 9.90 Å². The fourth-order valence-corrected chi connectivity index (χ4v) is 2.08. The van der Waals surface area contributed by atoms with Crippen LogP contribution < -0.4 is 5.32 Å². The number of halogens is 1. The third-order valence-electron chi connectivity index (χ3n) is 2.53. The van der Waals surface area contributed by atoms with Gasteiger partial charge in [0.05, 0.1) is 0 Å². The van der Waals surface area contributed by atoms with Gasteiger partial charge < -0.3 is 10.4 Å². The molecule has 2 N–H and O–H groups in total. The molecule has 0 spiro atoms. The lowest BCUT2D eigenvalue weighted by Gasteiger charge is -2.29. The first-order chi connectivity index (χ1) is 7.83. The third kappa shape index (κ3) is 3.93. The summed E-state index contributed by atoms with van der Waals surface area (Å²) in [5.74, 6) is -0.561. The van der Waals surface area contributed by atoms with Crippen LogP contribution in [0.15, 0.2) is 24.3 Å². The standard InChI is InChI=1S/C13H18ClNO2/c1-9(2)8-13(3,12(16)17)15-11-6-4-5-10(14)7-11/h4-7,9,15H,8H2,1-3H3,(H,16,17). The number of hydrogen-bond donors (Lipinski definition) is 2. The molecule has 0 aliphatic heterocycles. The molecule has 1 unspecified atom stereocenters. The molecule has 0 saturated carbocycles. The van der Waals surface area contributed by atoms with Gasteiger partial charge in [-0.3, -0.25) is 0 Å². The smallest absolute Gasteiger partial charge is 0.329 e. The second kappa shape index (κ2) is 5.41. The van der Waals surface area contributed by atoms with E-state index in [9.17, 15) is 9.90 Å². The second-order valence-corrected chi connectivity index (χ2v) is 5.31. The molecule has 0 aliphatic rings. The maximum atomic E-state index is 11.4. The quantitative estimate of drug-likeness (QED) is 0.845. The van der Waals surface area contributed by atoms with E-state index in [2.05, 4.69) is 5.32 Å². The molecule has 0 aromatic heterocycles. The minimum Gasteiger partial charge on any atom is -0.480 e. The van der Waals surface area contributed by atoms with Crippen molar-refractivity contribution in [3.63, 3.8) is 0 Å². The molecule has 94 valence electrons. The lowest BCUT2D eigenvalue weighted by atomic mass is 9.90. The number of aliphatic carboxylic acids is 1. The Morgan fingerprint density at radius 2 is 2.18 bits per heavy atom. The van der Waals surface area contributed by atoms with Crippen molar-refractivity contribution in [2.75, 3.05) is 5.32 Å². The predicted octanol–water partition coefficient (Wildman–Crippen LogP) is 3.64. The molecule has 0 amide bonds. The fourth-order valence-electron chi connectivity index (χ4n) is 1.89. The van der Waals surface area contributed by atoms with Crippen LogP contribution in [0.4, 0.5) is 5.69 Å². The summed E-state index contributed by atoms with van der Waals surface area (Å²) in [5, 5.41) is 12.9. The molecule has 17 heavy (non-hydrogen) atoms. The maximum absolute atomic E-state index is 11.4. The lowest BCUT2D eigenvalue weighted by Crippen LogP contribution is -2.44. The maximum Gasteiger partial charge on any atom is 0.329 e. The van der Waals surface area contributed by atoms with E-state index in [-0.39, 0.29) is 0 Å². The Morgan fingerprint density at radius 3 is 2.65 bits per heavy atom. The first kappa shape index (κ1) is 13.8. The Bertz CT molecular complexity index is 406. The van der Waals surface area contributed by atoms with Crippen LogP contribution in [0.1, 0.15) is 27.2 Å². The molecule has 0 fully saturated rings. The van der Waals surface area contributed by atoms with Crippen LogP contribution in [0, 0.1) is 5.92 Å². The molecule has 0 aliphatic carbocycles. The normalized spacial score (nSPS) is 14.4. The summed E-state index contributed by atoms with van der Waals surface area (Å²) in [6.45, 7) is 5.69. The van der Waals surface area contributed by atoms with Crippen molar-refractivity contribution in [1.82, 2.24) is 0 Å². The first-order valence-electron chi connectivity index (χ1n) is 5.60. The summed E-state index contributed by atoms with van der Waals surface area (Å²) in [6.07, 6.45) is 0.550. The van der Waals surface area contributed by atoms with E-state index in [1.165, 1.54) is 0 Å². The average molecular weight is 256 g/mol. The third-order valence-corrected chi connectivity index (χ3v) is 2.77. The van der Waals surface area contributed by atoms with Crippen molar-refractivity contribution >= 4 is 23.3 Å².